The second-order valence-electron chi connectivity index (χ2n) is 14.0. The Bertz CT molecular complexity index is 1220. The van der Waals surface area contributed by atoms with E-state index in [2.05, 4.69) is 37.2 Å². The number of carbonyl (C=O) groups excluding carboxylic acids is 5. The van der Waals surface area contributed by atoms with E-state index in [-0.39, 0.29) is 62.7 Å². The fraction of sp³-hybridized carbons (Fsp3) is 0.765. The molecule has 18 heteroatoms. The first-order chi connectivity index (χ1) is 24.7. The van der Waals surface area contributed by atoms with Crippen LogP contribution in [0.5, 0.6) is 0 Å². The number of carboxylic acid groups (broad SMARTS) is 1. The third-order valence-electron chi connectivity index (χ3n) is 9.59. The van der Waals surface area contributed by atoms with Crippen molar-refractivity contribution in [1.82, 2.24) is 37.2 Å². The van der Waals surface area contributed by atoms with Crippen molar-refractivity contribution >= 4 is 47.4 Å². The van der Waals surface area contributed by atoms with Crippen LogP contribution < -0.4 is 48.7 Å². The van der Waals surface area contributed by atoms with Crippen LogP contribution in [0.1, 0.15) is 110 Å². The molecule has 0 aromatic heterocycles. The molecular weight excluding hydrogens is 674 g/mol. The van der Waals surface area contributed by atoms with Gasteiger partial charge in [0.1, 0.15) is 24.2 Å². The summed E-state index contributed by atoms with van der Waals surface area (Å²) in [7, 11) is 0. The highest BCUT2D eigenvalue weighted by atomic mass is 16.4. The van der Waals surface area contributed by atoms with Crippen molar-refractivity contribution in [2.75, 3.05) is 19.6 Å². The number of nitrogens with two attached hydrogens (primary N) is 2. The third-order valence-corrected chi connectivity index (χ3v) is 9.59. The molecule has 2 aliphatic rings. The standard InChI is InChI=1S/C34H61N11O7/c1-21(46)41-20-28(47)42-26(18-22-10-4-2-5-11-22)30(49)43-24(14-8-16-39-33(35)36)29(48)45-27(19-23-12-6-3-7-13-23)31(50)44-25(32(51)52)15-9-17-40-34(37)38/h22-27H,2-20H2,1H3,(H,41,46)(H,42,47)(H,43,49)(H,44,50)(H,45,48)(H,51,52)(H4,35,36,39)(H4,37,38,40). The van der Waals surface area contributed by atoms with Crippen LogP contribution in [0, 0.1) is 22.7 Å². The van der Waals surface area contributed by atoms with E-state index in [0.29, 0.717) is 19.3 Å². The summed E-state index contributed by atoms with van der Waals surface area (Å²) in [5.41, 5.74) is 10.7. The molecule has 0 heterocycles. The van der Waals surface area contributed by atoms with Crippen LogP contribution in [-0.2, 0) is 28.8 Å². The Morgan fingerprint density at radius 2 is 1.02 bits per heavy atom. The zero-order valence-corrected chi connectivity index (χ0v) is 30.5. The van der Waals surface area contributed by atoms with Gasteiger partial charge in [-0.2, -0.15) is 0 Å². The average Bonchev–Trinajstić information content (AvgIpc) is 3.09. The Balaban J connectivity index is 2.28. The van der Waals surface area contributed by atoms with Crippen LogP contribution in [0.25, 0.3) is 0 Å². The fourth-order valence-electron chi connectivity index (χ4n) is 6.83. The maximum Gasteiger partial charge on any atom is 0.326 e. The van der Waals surface area contributed by atoms with Gasteiger partial charge in [0.25, 0.3) is 0 Å². The van der Waals surface area contributed by atoms with E-state index in [1.807, 2.05) is 0 Å². The molecule has 0 aromatic carbocycles. The van der Waals surface area contributed by atoms with Crippen molar-refractivity contribution in [3.8, 4) is 0 Å². The fourth-order valence-corrected chi connectivity index (χ4v) is 6.83. The quantitative estimate of drug-likeness (QED) is 0.0386. The molecule has 2 rings (SSSR count). The normalized spacial score (nSPS) is 17.2. The van der Waals surface area contributed by atoms with Crippen molar-refractivity contribution < 1.29 is 33.9 Å². The molecule has 0 saturated heterocycles. The molecular formula is C34H61N11O7. The van der Waals surface area contributed by atoms with Crippen molar-refractivity contribution in [1.29, 1.82) is 10.8 Å². The lowest BCUT2D eigenvalue weighted by Gasteiger charge is -2.30. The number of nitrogens with one attached hydrogen (secondary N) is 9. The first-order valence-corrected chi connectivity index (χ1v) is 18.6. The SMILES string of the molecule is CC(=O)NCC(=O)NC(CC1CCCCC1)C(=O)NC(CCCNC(=N)N)C(=O)NC(CC1CCCCC1)C(=O)NC(CCCNC(=N)N)C(=O)O. The minimum Gasteiger partial charge on any atom is -0.480 e. The summed E-state index contributed by atoms with van der Waals surface area (Å²) >= 11 is 0. The lowest BCUT2D eigenvalue weighted by Crippen LogP contribution is -2.58. The second-order valence-corrected chi connectivity index (χ2v) is 14.0. The summed E-state index contributed by atoms with van der Waals surface area (Å²) in [5, 5.41) is 43.2. The average molecular weight is 736 g/mol. The van der Waals surface area contributed by atoms with Crippen LogP contribution in [0.15, 0.2) is 0 Å². The molecule has 0 bridgehead atoms. The van der Waals surface area contributed by atoms with Crippen molar-refractivity contribution in [2.24, 2.45) is 23.3 Å². The van der Waals surface area contributed by atoms with Gasteiger partial charge in [0.2, 0.25) is 29.5 Å². The van der Waals surface area contributed by atoms with Gasteiger partial charge in [0.05, 0.1) is 6.54 Å². The Morgan fingerprint density at radius 3 is 1.46 bits per heavy atom. The molecule has 0 spiro atoms. The summed E-state index contributed by atoms with van der Waals surface area (Å²) in [6, 6.07) is -4.46. The van der Waals surface area contributed by atoms with E-state index < -0.39 is 59.7 Å². The predicted octanol–water partition coefficient (Wildman–Crippen LogP) is -0.386. The van der Waals surface area contributed by atoms with E-state index in [1.165, 1.54) is 6.92 Å². The number of amides is 5. The zero-order chi connectivity index (χ0) is 38.5. The van der Waals surface area contributed by atoms with Gasteiger partial charge in [0, 0.05) is 20.0 Å². The molecule has 18 nitrogen and oxygen atoms in total. The Hall–Kier alpha value is -4.64. The topological polar surface area (TPSA) is 307 Å². The zero-order valence-electron chi connectivity index (χ0n) is 30.5. The summed E-state index contributed by atoms with van der Waals surface area (Å²) in [5.74, 6) is -4.28. The van der Waals surface area contributed by atoms with Crippen LogP contribution in [-0.4, -0.2) is 96.3 Å². The van der Waals surface area contributed by atoms with Gasteiger partial charge in [-0.05, 0) is 50.4 Å². The number of hydrogen-bond acceptors (Lipinski definition) is 8. The number of carbonyl (C=O) groups is 6. The van der Waals surface area contributed by atoms with Gasteiger partial charge in [-0.3, -0.25) is 34.8 Å². The molecule has 0 aromatic rings. The van der Waals surface area contributed by atoms with E-state index >= 15 is 0 Å². The summed E-state index contributed by atoms with van der Waals surface area (Å²) in [4.78, 5) is 77.7. The molecule has 294 valence electrons. The Labute approximate surface area is 305 Å². The molecule has 4 atom stereocenters. The highest BCUT2D eigenvalue weighted by Gasteiger charge is 2.33. The highest BCUT2D eigenvalue weighted by molar-refractivity contribution is 5.95. The Kier molecular flexibility index (Phi) is 19.9. The van der Waals surface area contributed by atoms with Crippen LogP contribution in [0.4, 0.5) is 0 Å². The van der Waals surface area contributed by atoms with Crippen LogP contribution in [0.2, 0.25) is 0 Å². The molecule has 4 unspecified atom stereocenters. The lowest BCUT2D eigenvalue weighted by atomic mass is 9.84. The maximum absolute atomic E-state index is 14.0. The first kappa shape index (κ1) is 43.5. The van der Waals surface area contributed by atoms with E-state index in [9.17, 15) is 33.9 Å². The third kappa shape index (κ3) is 18.0. The summed E-state index contributed by atoms with van der Waals surface area (Å²) < 4.78 is 0. The van der Waals surface area contributed by atoms with Gasteiger partial charge in [0.15, 0.2) is 11.9 Å². The van der Waals surface area contributed by atoms with Gasteiger partial charge >= 0.3 is 5.97 Å². The molecule has 14 N–H and O–H groups in total. The van der Waals surface area contributed by atoms with Crippen molar-refractivity contribution in [2.45, 2.75) is 134 Å². The minimum absolute atomic E-state index is 0.0588. The lowest BCUT2D eigenvalue weighted by molar-refractivity contribution is -0.142. The van der Waals surface area contributed by atoms with E-state index in [4.69, 9.17) is 22.3 Å². The van der Waals surface area contributed by atoms with Crippen LogP contribution in [0.3, 0.4) is 0 Å². The number of carboxylic acids is 1. The second kappa shape index (κ2) is 23.8. The van der Waals surface area contributed by atoms with Crippen LogP contribution >= 0.6 is 0 Å². The van der Waals surface area contributed by atoms with Gasteiger partial charge in [-0.15, -0.1) is 0 Å². The monoisotopic (exact) mass is 735 g/mol. The number of guanidine groups is 2. The van der Waals surface area contributed by atoms with Gasteiger partial charge in [-0.1, -0.05) is 64.2 Å². The molecule has 0 aliphatic heterocycles. The highest BCUT2D eigenvalue weighted by Crippen LogP contribution is 2.28. The predicted molar refractivity (Wildman–Crippen MR) is 195 cm³/mol. The number of aliphatic carboxylic acids is 1. The smallest absolute Gasteiger partial charge is 0.326 e. The molecule has 52 heavy (non-hydrogen) atoms. The molecule has 0 radical (unpaired) electrons. The van der Waals surface area contributed by atoms with E-state index in [1.54, 1.807) is 0 Å². The van der Waals surface area contributed by atoms with Gasteiger partial charge in [-0.25, -0.2) is 4.79 Å². The Morgan fingerprint density at radius 1 is 0.615 bits per heavy atom. The largest absolute Gasteiger partial charge is 0.480 e. The number of hydrogen-bond donors (Lipinski definition) is 12. The molecule has 2 fully saturated rings. The van der Waals surface area contributed by atoms with E-state index in [0.717, 1.165) is 64.2 Å². The van der Waals surface area contributed by atoms with Crippen molar-refractivity contribution in [3.63, 3.8) is 0 Å². The van der Waals surface area contributed by atoms with Crippen molar-refractivity contribution in [3.05, 3.63) is 0 Å². The maximum atomic E-state index is 14.0. The molecule has 2 aliphatic carbocycles. The minimum atomic E-state index is -1.25. The van der Waals surface area contributed by atoms with Gasteiger partial charge < -0.3 is 53.8 Å². The molecule has 5 amide bonds. The summed E-state index contributed by atoms with van der Waals surface area (Å²) in [6.07, 6.45) is 11.1. The summed E-state index contributed by atoms with van der Waals surface area (Å²) in [6.45, 7) is 1.44. The molecule has 2 saturated carbocycles. The number of rotatable bonds is 22. The first-order valence-electron chi connectivity index (χ1n) is 18.6.